The van der Waals surface area contributed by atoms with Crippen molar-refractivity contribution in [2.24, 2.45) is 0 Å². The van der Waals surface area contributed by atoms with E-state index < -0.39 is 0 Å². The Balaban J connectivity index is 1.67. The minimum Gasteiger partial charge on any atom is -0.383 e. The molecule has 0 aliphatic heterocycles. The molecule has 6 heteroatoms. The Morgan fingerprint density at radius 2 is 2.20 bits per heavy atom. The maximum absolute atomic E-state index is 11.5. The predicted molar refractivity (Wildman–Crippen MR) is 80.8 cm³/mol. The second-order valence-electron chi connectivity index (χ2n) is 4.34. The van der Waals surface area contributed by atoms with Crippen LogP contribution in [0, 0.1) is 0 Å². The van der Waals surface area contributed by atoms with E-state index in [2.05, 4.69) is 21.7 Å². The maximum Gasteiger partial charge on any atom is 0.221 e. The minimum atomic E-state index is 0.0406. The van der Waals surface area contributed by atoms with E-state index >= 15 is 0 Å². The number of nitrogens with zero attached hydrogens (tertiary/aromatic N) is 1. The monoisotopic (exact) mass is 293 g/mol. The van der Waals surface area contributed by atoms with Gasteiger partial charge in [0.1, 0.15) is 5.01 Å². The van der Waals surface area contributed by atoms with Crippen LogP contribution in [0.1, 0.15) is 11.4 Å². The smallest absolute Gasteiger partial charge is 0.221 e. The highest BCUT2D eigenvalue weighted by Crippen LogP contribution is 2.21. The zero-order chi connectivity index (χ0) is 14.2. The Kier molecular flexibility index (Phi) is 5.91. The molecule has 0 fully saturated rings. The predicted octanol–water partition coefficient (Wildman–Crippen LogP) is 1.54. The van der Waals surface area contributed by atoms with E-state index in [4.69, 9.17) is 4.74 Å². The summed E-state index contributed by atoms with van der Waals surface area (Å²) >= 11 is 1.68. The molecular weight excluding hydrogens is 274 g/mol. The number of hydrogen-bond donors (Lipinski definition) is 2. The van der Waals surface area contributed by atoms with Gasteiger partial charge in [-0.3, -0.25) is 4.79 Å². The van der Waals surface area contributed by atoms with E-state index in [1.54, 1.807) is 18.4 Å². The van der Waals surface area contributed by atoms with Gasteiger partial charge in [-0.1, -0.05) is 12.1 Å². The lowest BCUT2D eigenvalue weighted by Gasteiger charge is -2.04. The summed E-state index contributed by atoms with van der Waals surface area (Å²) in [5.74, 6) is 0.0406. The standard InChI is InChI=1S/C14H19N3O2S/c1-19-9-8-16-13(18)6-7-15-10-14-17-11-4-2-3-5-12(11)20-14/h2-5,15H,6-10H2,1H3,(H,16,18). The van der Waals surface area contributed by atoms with Crippen LogP contribution in [0.3, 0.4) is 0 Å². The van der Waals surface area contributed by atoms with E-state index in [1.165, 1.54) is 4.70 Å². The van der Waals surface area contributed by atoms with Gasteiger partial charge < -0.3 is 15.4 Å². The maximum atomic E-state index is 11.5. The van der Waals surface area contributed by atoms with Gasteiger partial charge >= 0.3 is 0 Å². The van der Waals surface area contributed by atoms with Crippen molar-refractivity contribution in [1.29, 1.82) is 0 Å². The molecule has 2 rings (SSSR count). The number of amides is 1. The van der Waals surface area contributed by atoms with Crippen LogP contribution in [-0.4, -0.2) is 37.7 Å². The van der Waals surface area contributed by atoms with Crippen molar-refractivity contribution in [3.63, 3.8) is 0 Å². The fourth-order valence-electron chi connectivity index (χ4n) is 1.77. The zero-order valence-corrected chi connectivity index (χ0v) is 12.3. The number of rotatable bonds is 8. The third kappa shape index (κ3) is 4.56. The number of thiazole rings is 1. The summed E-state index contributed by atoms with van der Waals surface area (Å²) in [4.78, 5) is 16.0. The normalized spacial score (nSPS) is 10.8. The van der Waals surface area contributed by atoms with Crippen LogP contribution in [-0.2, 0) is 16.1 Å². The molecule has 0 aliphatic rings. The van der Waals surface area contributed by atoms with Crippen molar-refractivity contribution >= 4 is 27.5 Å². The molecule has 0 saturated carbocycles. The van der Waals surface area contributed by atoms with Gasteiger partial charge in [0.25, 0.3) is 0 Å². The highest BCUT2D eigenvalue weighted by molar-refractivity contribution is 7.18. The molecule has 1 heterocycles. The SMILES string of the molecule is COCCNC(=O)CCNCc1nc2ccccc2s1. The fraction of sp³-hybridized carbons (Fsp3) is 0.429. The Morgan fingerprint density at radius 3 is 3.00 bits per heavy atom. The van der Waals surface area contributed by atoms with E-state index in [-0.39, 0.29) is 5.91 Å². The topological polar surface area (TPSA) is 63.2 Å². The fourth-order valence-corrected chi connectivity index (χ4v) is 2.71. The highest BCUT2D eigenvalue weighted by Gasteiger charge is 2.03. The molecule has 1 aromatic carbocycles. The first-order valence-corrected chi connectivity index (χ1v) is 7.42. The first kappa shape index (κ1) is 14.9. The van der Waals surface area contributed by atoms with Crippen molar-refractivity contribution in [3.8, 4) is 0 Å². The Bertz CT molecular complexity index is 523. The van der Waals surface area contributed by atoms with Gasteiger partial charge in [0, 0.05) is 33.2 Å². The van der Waals surface area contributed by atoms with Gasteiger partial charge in [-0.05, 0) is 12.1 Å². The lowest BCUT2D eigenvalue weighted by Crippen LogP contribution is -2.29. The van der Waals surface area contributed by atoms with E-state index in [1.807, 2.05) is 18.2 Å². The average molecular weight is 293 g/mol. The van der Waals surface area contributed by atoms with Crippen LogP contribution < -0.4 is 10.6 Å². The number of carbonyl (C=O) groups excluding carboxylic acids is 1. The van der Waals surface area contributed by atoms with Gasteiger partial charge in [0.2, 0.25) is 5.91 Å². The lowest BCUT2D eigenvalue weighted by atomic mass is 10.3. The van der Waals surface area contributed by atoms with Gasteiger partial charge in [-0.2, -0.15) is 0 Å². The number of carbonyl (C=O) groups is 1. The van der Waals surface area contributed by atoms with Crippen LogP contribution in [0.15, 0.2) is 24.3 Å². The van der Waals surface area contributed by atoms with E-state index in [0.717, 1.165) is 10.5 Å². The highest BCUT2D eigenvalue weighted by atomic mass is 32.1. The molecule has 2 N–H and O–H groups in total. The average Bonchev–Trinajstić information content (AvgIpc) is 2.86. The number of fused-ring (bicyclic) bond motifs is 1. The molecule has 0 saturated heterocycles. The largest absolute Gasteiger partial charge is 0.383 e. The van der Waals surface area contributed by atoms with Crippen LogP contribution >= 0.6 is 11.3 Å². The van der Waals surface area contributed by atoms with Crippen LogP contribution in [0.5, 0.6) is 0 Å². The summed E-state index contributed by atoms with van der Waals surface area (Å²) in [5, 5.41) is 7.07. The summed E-state index contributed by atoms with van der Waals surface area (Å²) in [6, 6.07) is 8.09. The summed E-state index contributed by atoms with van der Waals surface area (Å²) in [6.07, 6.45) is 0.467. The number of nitrogens with one attached hydrogen (secondary N) is 2. The zero-order valence-electron chi connectivity index (χ0n) is 11.5. The van der Waals surface area contributed by atoms with Crippen molar-refractivity contribution < 1.29 is 9.53 Å². The number of methoxy groups -OCH3 is 1. The van der Waals surface area contributed by atoms with Gasteiger partial charge in [-0.25, -0.2) is 4.98 Å². The van der Waals surface area contributed by atoms with Crippen molar-refractivity contribution in [3.05, 3.63) is 29.3 Å². The van der Waals surface area contributed by atoms with Crippen molar-refractivity contribution in [1.82, 2.24) is 15.6 Å². The Morgan fingerprint density at radius 1 is 1.35 bits per heavy atom. The van der Waals surface area contributed by atoms with E-state index in [0.29, 0.717) is 32.7 Å². The van der Waals surface area contributed by atoms with Gasteiger partial charge in [0.05, 0.1) is 16.8 Å². The molecule has 1 amide bonds. The third-order valence-electron chi connectivity index (χ3n) is 2.77. The molecule has 2 aromatic rings. The van der Waals surface area contributed by atoms with Gasteiger partial charge in [-0.15, -0.1) is 11.3 Å². The minimum absolute atomic E-state index is 0.0406. The van der Waals surface area contributed by atoms with Gasteiger partial charge in [0.15, 0.2) is 0 Å². The number of aromatic nitrogens is 1. The third-order valence-corrected chi connectivity index (χ3v) is 3.81. The summed E-state index contributed by atoms with van der Waals surface area (Å²) in [6.45, 7) is 2.46. The van der Waals surface area contributed by atoms with Crippen molar-refractivity contribution in [2.75, 3.05) is 26.8 Å². The summed E-state index contributed by atoms with van der Waals surface area (Å²) in [5.41, 5.74) is 1.03. The molecule has 5 nitrogen and oxygen atoms in total. The van der Waals surface area contributed by atoms with Crippen LogP contribution in [0.25, 0.3) is 10.2 Å². The molecule has 0 bridgehead atoms. The lowest BCUT2D eigenvalue weighted by molar-refractivity contribution is -0.121. The molecule has 0 spiro atoms. The quantitative estimate of drug-likeness (QED) is 0.725. The number of ether oxygens (including phenoxy) is 1. The second kappa shape index (κ2) is 7.94. The Labute approximate surface area is 122 Å². The summed E-state index contributed by atoms with van der Waals surface area (Å²) in [7, 11) is 1.62. The molecule has 0 radical (unpaired) electrons. The molecule has 20 heavy (non-hydrogen) atoms. The van der Waals surface area contributed by atoms with Crippen molar-refractivity contribution in [2.45, 2.75) is 13.0 Å². The number of benzene rings is 1. The number of hydrogen-bond acceptors (Lipinski definition) is 5. The molecule has 0 aliphatic carbocycles. The summed E-state index contributed by atoms with van der Waals surface area (Å²) < 4.78 is 6.06. The second-order valence-corrected chi connectivity index (χ2v) is 5.46. The number of para-hydroxylation sites is 1. The van der Waals surface area contributed by atoms with Crippen LogP contribution in [0.4, 0.5) is 0 Å². The molecule has 0 unspecified atom stereocenters. The molecular formula is C14H19N3O2S. The first-order chi connectivity index (χ1) is 9.79. The molecule has 108 valence electrons. The van der Waals surface area contributed by atoms with Crippen LogP contribution in [0.2, 0.25) is 0 Å². The van der Waals surface area contributed by atoms with E-state index in [9.17, 15) is 4.79 Å². The molecule has 1 aromatic heterocycles. The Hall–Kier alpha value is -1.50. The molecule has 0 atom stereocenters. The first-order valence-electron chi connectivity index (χ1n) is 6.60.